The average molecular weight is 428 g/mol. The summed E-state index contributed by atoms with van der Waals surface area (Å²) >= 11 is 0. The summed E-state index contributed by atoms with van der Waals surface area (Å²) in [7, 11) is 0. The zero-order chi connectivity index (χ0) is 22.4. The second kappa shape index (κ2) is 14.2. The molecule has 1 saturated heterocycles. The van der Waals surface area contributed by atoms with Crippen molar-refractivity contribution >= 4 is 29.7 Å². The smallest absolute Gasteiger partial charge is 0.322 e. The first-order valence-electron chi connectivity index (χ1n) is 10.4. The Balaban J connectivity index is 2.36. The van der Waals surface area contributed by atoms with Crippen LogP contribution >= 0.6 is 0 Å². The Morgan fingerprint density at radius 1 is 0.867 bits per heavy atom. The number of likely N-dealkylation sites (tertiary alicyclic amines) is 1. The van der Waals surface area contributed by atoms with Crippen molar-refractivity contribution in [1.29, 1.82) is 0 Å². The molecule has 5 N–H and O–H groups in total. The van der Waals surface area contributed by atoms with Gasteiger partial charge >= 0.3 is 12.0 Å². The van der Waals surface area contributed by atoms with Crippen molar-refractivity contribution in [2.45, 2.75) is 57.9 Å². The first-order chi connectivity index (χ1) is 14.3. The van der Waals surface area contributed by atoms with Gasteiger partial charge in [-0.1, -0.05) is 32.6 Å². The molecule has 11 heteroatoms. The third-order valence-corrected chi connectivity index (χ3v) is 4.65. The summed E-state index contributed by atoms with van der Waals surface area (Å²) < 4.78 is 0. The molecule has 1 atom stereocenters. The number of nitrogens with one attached hydrogen (secondary N) is 4. The molecule has 1 aliphatic rings. The maximum atomic E-state index is 12.1. The van der Waals surface area contributed by atoms with E-state index in [1.807, 2.05) is 6.92 Å². The van der Waals surface area contributed by atoms with E-state index in [0.29, 0.717) is 25.9 Å². The van der Waals surface area contributed by atoms with Crippen LogP contribution in [-0.2, 0) is 19.2 Å². The van der Waals surface area contributed by atoms with Gasteiger partial charge in [-0.05, 0) is 19.3 Å². The van der Waals surface area contributed by atoms with Gasteiger partial charge in [0.05, 0.1) is 13.1 Å². The molecule has 30 heavy (non-hydrogen) atoms. The van der Waals surface area contributed by atoms with Crippen molar-refractivity contribution in [1.82, 2.24) is 26.2 Å². The molecule has 0 aromatic heterocycles. The van der Waals surface area contributed by atoms with Crippen LogP contribution in [0.1, 0.15) is 51.9 Å². The number of nitrogens with zero attached hydrogens (tertiary/aromatic N) is 1. The molecule has 11 nitrogen and oxygen atoms in total. The van der Waals surface area contributed by atoms with Crippen LogP contribution < -0.4 is 21.3 Å². The van der Waals surface area contributed by atoms with E-state index in [4.69, 9.17) is 5.11 Å². The van der Waals surface area contributed by atoms with Gasteiger partial charge in [-0.3, -0.25) is 19.2 Å². The van der Waals surface area contributed by atoms with E-state index in [1.165, 1.54) is 0 Å². The lowest BCUT2D eigenvalue weighted by atomic mass is 10.1. The zero-order valence-electron chi connectivity index (χ0n) is 17.5. The first kappa shape index (κ1) is 25.2. The summed E-state index contributed by atoms with van der Waals surface area (Å²) in [5.74, 6) is -2.86. The average Bonchev–Trinajstić information content (AvgIpc) is 3.01. The molecule has 0 saturated carbocycles. The van der Waals surface area contributed by atoms with E-state index in [0.717, 1.165) is 32.1 Å². The summed E-state index contributed by atoms with van der Waals surface area (Å²) in [5.41, 5.74) is 0. The molecule has 0 aromatic rings. The molecule has 1 aliphatic heterocycles. The number of amides is 5. The van der Waals surface area contributed by atoms with Gasteiger partial charge in [0.2, 0.25) is 17.7 Å². The molecule has 0 radical (unpaired) electrons. The molecule has 0 bridgehead atoms. The van der Waals surface area contributed by atoms with Gasteiger partial charge in [-0.25, -0.2) is 4.79 Å². The number of aliphatic carboxylic acids is 1. The lowest BCUT2D eigenvalue weighted by Gasteiger charge is -2.20. The predicted octanol–water partition coefficient (Wildman–Crippen LogP) is -0.436. The van der Waals surface area contributed by atoms with E-state index in [-0.39, 0.29) is 19.1 Å². The lowest BCUT2D eigenvalue weighted by Crippen LogP contribution is -2.51. The number of hydrogen-bond donors (Lipinski definition) is 5. The Hall–Kier alpha value is -2.85. The molecule has 0 spiro atoms. The van der Waals surface area contributed by atoms with Crippen LogP contribution in [0, 0.1) is 0 Å². The molecule has 1 fully saturated rings. The van der Waals surface area contributed by atoms with Crippen molar-refractivity contribution in [3.05, 3.63) is 0 Å². The largest absolute Gasteiger partial charge is 0.480 e. The molecule has 1 rings (SSSR count). The number of carboxylic acids is 1. The summed E-state index contributed by atoms with van der Waals surface area (Å²) in [6.45, 7) is 2.12. The standard InChI is InChI=1S/C19H33N5O6/c1-2-3-8-14(18(29)21-13-17(27)28)23-16(26)12-20-15(25)11-22-19(30)24-9-6-4-5-7-10-24/h14H,2-13H2,1H3,(H,20,25)(H,21,29)(H,22,30)(H,23,26)(H,27,28). The fourth-order valence-electron chi connectivity index (χ4n) is 2.99. The molecular formula is C19H33N5O6. The molecular weight excluding hydrogens is 394 g/mol. The van der Waals surface area contributed by atoms with E-state index in [2.05, 4.69) is 21.3 Å². The Labute approximate surface area is 176 Å². The summed E-state index contributed by atoms with van der Waals surface area (Å²) in [4.78, 5) is 60.4. The van der Waals surface area contributed by atoms with E-state index in [1.54, 1.807) is 4.90 Å². The zero-order valence-corrected chi connectivity index (χ0v) is 17.5. The Morgan fingerprint density at radius 2 is 1.50 bits per heavy atom. The third-order valence-electron chi connectivity index (χ3n) is 4.65. The van der Waals surface area contributed by atoms with Crippen LogP contribution in [0.3, 0.4) is 0 Å². The molecule has 0 aromatic carbocycles. The second-order valence-electron chi connectivity index (χ2n) is 7.21. The van der Waals surface area contributed by atoms with Crippen molar-refractivity contribution in [2.24, 2.45) is 0 Å². The topological polar surface area (TPSA) is 157 Å². The minimum Gasteiger partial charge on any atom is -0.480 e. The minimum atomic E-state index is -1.18. The Morgan fingerprint density at radius 3 is 2.10 bits per heavy atom. The van der Waals surface area contributed by atoms with Gasteiger partial charge in [-0.15, -0.1) is 0 Å². The summed E-state index contributed by atoms with van der Waals surface area (Å²) in [6, 6.07) is -1.18. The second-order valence-corrected chi connectivity index (χ2v) is 7.21. The number of rotatable bonds is 11. The number of carboxylic acid groups (broad SMARTS) is 1. The van der Waals surface area contributed by atoms with Gasteiger partial charge in [0.15, 0.2) is 0 Å². The van der Waals surface area contributed by atoms with E-state index < -0.39 is 36.3 Å². The van der Waals surface area contributed by atoms with Crippen LogP contribution in [0.2, 0.25) is 0 Å². The van der Waals surface area contributed by atoms with Crippen LogP contribution in [0.5, 0.6) is 0 Å². The summed E-state index contributed by atoms with van der Waals surface area (Å²) in [6.07, 6.45) is 5.89. The van der Waals surface area contributed by atoms with Crippen molar-refractivity contribution in [2.75, 3.05) is 32.7 Å². The molecule has 170 valence electrons. The molecule has 1 heterocycles. The lowest BCUT2D eigenvalue weighted by molar-refractivity contribution is -0.138. The van der Waals surface area contributed by atoms with Crippen LogP contribution in [0.25, 0.3) is 0 Å². The SMILES string of the molecule is CCCCC(NC(=O)CNC(=O)CNC(=O)N1CCCCCC1)C(=O)NCC(=O)O. The monoisotopic (exact) mass is 427 g/mol. The van der Waals surface area contributed by atoms with Gasteiger partial charge in [0.1, 0.15) is 12.6 Å². The highest BCUT2D eigenvalue weighted by molar-refractivity contribution is 5.92. The number of carbonyl (C=O) groups is 5. The maximum absolute atomic E-state index is 12.1. The van der Waals surface area contributed by atoms with Crippen molar-refractivity contribution < 1.29 is 29.1 Å². The van der Waals surface area contributed by atoms with E-state index >= 15 is 0 Å². The van der Waals surface area contributed by atoms with Gasteiger partial charge < -0.3 is 31.3 Å². The van der Waals surface area contributed by atoms with Crippen LogP contribution in [-0.4, -0.2) is 78.5 Å². The van der Waals surface area contributed by atoms with Crippen molar-refractivity contribution in [3.63, 3.8) is 0 Å². The number of urea groups is 1. The minimum absolute atomic E-state index is 0.249. The van der Waals surface area contributed by atoms with Gasteiger partial charge in [0, 0.05) is 13.1 Å². The highest BCUT2D eigenvalue weighted by Crippen LogP contribution is 2.09. The summed E-state index contributed by atoms with van der Waals surface area (Å²) in [5, 5.41) is 18.3. The fraction of sp³-hybridized carbons (Fsp3) is 0.737. The normalized spacial score (nSPS) is 14.8. The number of carbonyl (C=O) groups excluding carboxylic acids is 4. The number of unbranched alkanes of at least 4 members (excludes halogenated alkanes) is 1. The number of hydrogen-bond acceptors (Lipinski definition) is 5. The van der Waals surface area contributed by atoms with Gasteiger partial charge in [0.25, 0.3) is 0 Å². The maximum Gasteiger partial charge on any atom is 0.322 e. The van der Waals surface area contributed by atoms with E-state index in [9.17, 15) is 24.0 Å². The predicted molar refractivity (Wildman–Crippen MR) is 109 cm³/mol. The quantitative estimate of drug-likeness (QED) is 0.301. The Kier molecular flexibility index (Phi) is 11.9. The Bertz CT molecular complexity index is 604. The third kappa shape index (κ3) is 10.6. The molecule has 5 amide bonds. The van der Waals surface area contributed by atoms with Crippen LogP contribution in [0.4, 0.5) is 4.79 Å². The molecule has 1 unspecified atom stereocenters. The van der Waals surface area contributed by atoms with Gasteiger partial charge in [-0.2, -0.15) is 0 Å². The van der Waals surface area contributed by atoms with Crippen LogP contribution in [0.15, 0.2) is 0 Å². The van der Waals surface area contributed by atoms with Crippen molar-refractivity contribution in [3.8, 4) is 0 Å². The highest BCUT2D eigenvalue weighted by Gasteiger charge is 2.21. The highest BCUT2D eigenvalue weighted by atomic mass is 16.4. The first-order valence-corrected chi connectivity index (χ1v) is 10.4. The fourth-order valence-corrected chi connectivity index (χ4v) is 2.99. The molecule has 0 aliphatic carbocycles.